The summed E-state index contributed by atoms with van der Waals surface area (Å²) in [7, 11) is 0. The Morgan fingerprint density at radius 2 is 2.18 bits per heavy atom. The number of nitrogen functional groups attached to an aromatic ring is 1. The SMILES string of the molecule is CC(C)N(CCCO)C(=O)c1ccc(N)nn1. The van der Waals surface area contributed by atoms with Crippen LogP contribution in [0.15, 0.2) is 12.1 Å². The molecular formula is C11H18N4O2. The van der Waals surface area contributed by atoms with Crippen molar-refractivity contribution >= 4 is 11.7 Å². The molecule has 6 heteroatoms. The molecule has 1 aromatic rings. The third-order valence-corrected chi connectivity index (χ3v) is 2.35. The first-order valence-corrected chi connectivity index (χ1v) is 5.57. The van der Waals surface area contributed by atoms with Gasteiger partial charge in [0.15, 0.2) is 5.69 Å². The van der Waals surface area contributed by atoms with Crippen molar-refractivity contribution in [2.45, 2.75) is 26.3 Å². The Hall–Kier alpha value is -1.69. The average Bonchev–Trinajstić information content (AvgIpc) is 2.29. The maximum absolute atomic E-state index is 12.1. The van der Waals surface area contributed by atoms with Gasteiger partial charge in [0.25, 0.3) is 5.91 Å². The fraction of sp³-hybridized carbons (Fsp3) is 0.545. The Kier molecular flexibility index (Phi) is 4.84. The number of nitrogens with zero attached hydrogens (tertiary/aromatic N) is 3. The lowest BCUT2D eigenvalue weighted by Gasteiger charge is -2.25. The van der Waals surface area contributed by atoms with Crippen molar-refractivity contribution in [3.8, 4) is 0 Å². The largest absolute Gasteiger partial charge is 0.396 e. The molecule has 0 unspecified atom stereocenters. The van der Waals surface area contributed by atoms with E-state index in [0.717, 1.165) is 0 Å². The van der Waals surface area contributed by atoms with Gasteiger partial charge in [0, 0.05) is 19.2 Å². The number of amides is 1. The van der Waals surface area contributed by atoms with Crippen LogP contribution in [0.5, 0.6) is 0 Å². The van der Waals surface area contributed by atoms with E-state index in [-0.39, 0.29) is 30.1 Å². The van der Waals surface area contributed by atoms with E-state index in [9.17, 15) is 4.79 Å². The van der Waals surface area contributed by atoms with Crippen LogP contribution >= 0.6 is 0 Å². The topological polar surface area (TPSA) is 92.3 Å². The Bertz CT molecular complexity index is 364. The van der Waals surface area contributed by atoms with Crippen LogP contribution in [-0.2, 0) is 0 Å². The minimum Gasteiger partial charge on any atom is -0.396 e. The highest BCUT2D eigenvalue weighted by atomic mass is 16.3. The standard InChI is InChI=1S/C11H18N4O2/c1-8(2)15(6-3-7-16)11(17)9-4-5-10(12)14-13-9/h4-5,8,16H,3,6-7H2,1-2H3,(H2,12,14). The zero-order chi connectivity index (χ0) is 12.8. The van der Waals surface area contributed by atoms with Crippen molar-refractivity contribution < 1.29 is 9.90 Å². The number of anilines is 1. The van der Waals surface area contributed by atoms with Crippen LogP contribution in [0.4, 0.5) is 5.82 Å². The first kappa shape index (κ1) is 13.4. The fourth-order valence-electron chi connectivity index (χ4n) is 1.44. The highest BCUT2D eigenvalue weighted by Crippen LogP contribution is 2.07. The number of carbonyl (C=O) groups is 1. The van der Waals surface area contributed by atoms with Gasteiger partial charge < -0.3 is 15.7 Å². The summed E-state index contributed by atoms with van der Waals surface area (Å²) in [4.78, 5) is 13.8. The van der Waals surface area contributed by atoms with Gasteiger partial charge in [-0.3, -0.25) is 4.79 Å². The summed E-state index contributed by atoms with van der Waals surface area (Å²) in [5, 5.41) is 16.2. The summed E-state index contributed by atoms with van der Waals surface area (Å²) < 4.78 is 0. The van der Waals surface area contributed by atoms with E-state index in [1.54, 1.807) is 17.0 Å². The van der Waals surface area contributed by atoms with Crippen LogP contribution in [0.1, 0.15) is 30.8 Å². The number of nitrogens with two attached hydrogens (primary N) is 1. The molecule has 6 nitrogen and oxygen atoms in total. The molecule has 1 rings (SSSR count). The zero-order valence-electron chi connectivity index (χ0n) is 10.1. The molecular weight excluding hydrogens is 220 g/mol. The molecule has 0 saturated carbocycles. The Labute approximate surface area is 100 Å². The second-order valence-electron chi connectivity index (χ2n) is 4.01. The first-order chi connectivity index (χ1) is 8.06. The smallest absolute Gasteiger partial charge is 0.274 e. The van der Waals surface area contributed by atoms with Crippen LogP contribution in [0.25, 0.3) is 0 Å². The molecule has 1 aromatic heterocycles. The van der Waals surface area contributed by atoms with E-state index < -0.39 is 0 Å². The van der Waals surface area contributed by atoms with Crippen LogP contribution in [0.3, 0.4) is 0 Å². The van der Waals surface area contributed by atoms with Gasteiger partial charge in [0.1, 0.15) is 5.82 Å². The molecule has 0 aliphatic carbocycles. The van der Waals surface area contributed by atoms with Crippen LogP contribution < -0.4 is 5.73 Å². The third kappa shape index (κ3) is 3.67. The Morgan fingerprint density at radius 3 is 2.65 bits per heavy atom. The predicted molar refractivity (Wildman–Crippen MR) is 64.3 cm³/mol. The maximum Gasteiger partial charge on any atom is 0.274 e. The van der Waals surface area contributed by atoms with Gasteiger partial charge in [-0.15, -0.1) is 10.2 Å². The number of hydrogen-bond acceptors (Lipinski definition) is 5. The van der Waals surface area contributed by atoms with E-state index in [2.05, 4.69) is 10.2 Å². The lowest BCUT2D eigenvalue weighted by Crippen LogP contribution is -2.38. The van der Waals surface area contributed by atoms with Gasteiger partial charge in [0.05, 0.1) is 0 Å². The molecule has 1 amide bonds. The number of carbonyl (C=O) groups excluding carboxylic acids is 1. The van der Waals surface area contributed by atoms with Gasteiger partial charge >= 0.3 is 0 Å². The van der Waals surface area contributed by atoms with E-state index in [1.807, 2.05) is 13.8 Å². The molecule has 0 radical (unpaired) electrons. The van der Waals surface area contributed by atoms with Gasteiger partial charge in [-0.2, -0.15) is 0 Å². The van der Waals surface area contributed by atoms with Crippen LogP contribution in [0.2, 0.25) is 0 Å². The van der Waals surface area contributed by atoms with E-state index >= 15 is 0 Å². The Balaban J connectivity index is 2.80. The molecule has 0 aromatic carbocycles. The summed E-state index contributed by atoms with van der Waals surface area (Å²) in [5.41, 5.74) is 5.68. The van der Waals surface area contributed by atoms with E-state index in [4.69, 9.17) is 10.8 Å². The normalized spacial score (nSPS) is 10.6. The molecule has 0 fully saturated rings. The summed E-state index contributed by atoms with van der Waals surface area (Å²) in [5.74, 6) is 0.0916. The van der Waals surface area contributed by atoms with Crippen molar-refractivity contribution in [2.75, 3.05) is 18.9 Å². The van der Waals surface area contributed by atoms with Crippen molar-refractivity contribution in [1.82, 2.24) is 15.1 Å². The molecule has 94 valence electrons. The van der Waals surface area contributed by atoms with Crippen molar-refractivity contribution in [3.63, 3.8) is 0 Å². The zero-order valence-corrected chi connectivity index (χ0v) is 10.1. The van der Waals surface area contributed by atoms with Crippen LogP contribution in [0, 0.1) is 0 Å². The molecule has 3 N–H and O–H groups in total. The molecule has 0 bridgehead atoms. The molecule has 0 atom stereocenters. The van der Waals surface area contributed by atoms with Gasteiger partial charge in [-0.25, -0.2) is 0 Å². The molecule has 0 saturated heterocycles. The number of hydrogen-bond donors (Lipinski definition) is 2. The number of aliphatic hydroxyl groups is 1. The number of rotatable bonds is 5. The minimum atomic E-state index is -0.194. The number of aliphatic hydroxyl groups excluding tert-OH is 1. The fourth-order valence-corrected chi connectivity index (χ4v) is 1.44. The number of aromatic nitrogens is 2. The second-order valence-corrected chi connectivity index (χ2v) is 4.01. The minimum absolute atomic E-state index is 0.0494. The monoisotopic (exact) mass is 238 g/mol. The molecule has 1 heterocycles. The Morgan fingerprint density at radius 1 is 1.47 bits per heavy atom. The highest BCUT2D eigenvalue weighted by Gasteiger charge is 2.19. The molecule has 0 aliphatic heterocycles. The van der Waals surface area contributed by atoms with E-state index in [0.29, 0.717) is 13.0 Å². The molecule has 0 spiro atoms. The quantitative estimate of drug-likeness (QED) is 0.769. The summed E-state index contributed by atoms with van der Waals surface area (Å²) in [6, 6.07) is 3.15. The summed E-state index contributed by atoms with van der Waals surface area (Å²) in [6.45, 7) is 4.39. The van der Waals surface area contributed by atoms with Gasteiger partial charge in [-0.1, -0.05) is 0 Å². The van der Waals surface area contributed by atoms with Crippen molar-refractivity contribution in [2.24, 2.45) is 0 Å². The summed E-state index contributed by atoms with van der Waals surface area (Å²) in [6.07, 6.45) is 0.548. The van der Waals surface area contributed by atoms with Crippen molar-refractivity contribution in [3.05, 3.63) is 17.8 Å². The molecule has 0 aliphatic rings. The lowest BCUT2D eigenvalue weighted by atomic mass is 10.2. The third-order valence-electron chi connectivity index (χ3n) is 2.35. The molecule has 17 heavy (non-hydrogen) atoms. The van der Waals surface area contributed by atoms with Crippen molar-refractivity contribution in [1.29, 1.82) is 0 Å². The van der Waals surface area contributed by atoms with Gasteiger partial charge in [-0.05, 0) is 32.4 Å². The van der Waals surface area contributed by atoms with Gasteiger partial charge in [0.2, 0.25) is 0 Å². The average molecular weight is 238 g/mol. The highest BCUT2D eigenvalue weighted by molar-refractivity contribution is 5.92. The second kappa shape index (κ2) is 6.15. The summed E-state index contributed by atoms with van der Waals surface area (Å²) >= 11 is 0. The van der Waals surface area contributed by atoms with E-state index in [1.165, 1.54) is 0 Å². The first-order valence-electron chi connectivity index (χ1n) is 5.57. The maximum atomic E-state index is 12.1. The van der Waals surface area contributed by atoms with Crippen LogP contribution in [-0.4, -0.2) is 45.3 Å². The lowest BCUT2D eigenvalue weighted by molar-refractivity contribution is 0.0686. The predicted octanol–water partition coefficient (Wildman–Crippen LogP) is 0.292.